The molecule has 0 bridgehead atoms. The molecule has 1 fully saturated rings. The molecule has 0 spiro atoms. The molecule has 1 aliphatic heterocycles. The second-order valence-electron chi connectivity index (χ2n) is 3.75. The van der Waals surface area contributed by atoms with Crippen molar-refractivity contribution in [2.24, 2.45) is 0 Å². The molecule has 0 aromatic heterocycles. The van der Waals surface area contributed by atoms with Crippen LogP contribution in [0.5, 0.6) is 0 Å². The molecule has 0 aliphatic carbocycles. The van der Waals surface area contributed by atoms with Crippen LogP contribution in [0.2, 0.25) is 5.02 Å². The normalized spacial score (nSPS) is 21.9. The summed E-state index contributed by atoms with van der Waals surface area (Å²) in [6.45, 7) is 0.657. The van der Waals surface area contributed by atoms with Gasteiger partial charge in [-0.15, -0.1) is 0 Å². The Balaban J connectivity index is 2.31. The van der Waals surface area contributed by atoms with Gasteiger partial charge in [0.25, 0.3) is 5.92 Å². The lowest BCUT2D eigenvalue weighted by atomic mass is 10.00. The second kappa shape index (κ2) is 4.06. The summed E-state index contributed by atoms with van der Waals surface area (Å²) in [6.07, 6.45) is 1.29. The van der Waals surface area contributed by atoms with Gasteiger partial charge in [-0.3, -0.25) is 0 Å². The fourth-order valence-corrected chi connectivity index (χ4v) is 2.17. The van der Waals surface area contributed by atoms with Crippen LogP contribution in [0.3, 0.4) is 0 Å². The van der Waals surface area contributed by atoms with Gasteiger partial charge < -0.3 is 5.32 Å². The molecule has 4 heteroatoms. The molecule has 1 aromatic carbocycles. The Morgan fingerprint density at radius 2 is 2.07 bits per heavy atom. The van der Waals surface area contributed by atoms with Crippen LogP contribution in [0.4, 0.5) is 8.78 Å². The molecule has 1 heterocycles. The minimum Gasteiger partial charge on any atom is -0.308 e. The van der Waals surface area contributed by atoms with Crippen LogP contribution in [0.15, 0.2) is 24.3 Å². The summed E-state index contributed by atoms with van der Waals surface area (Å²) in [6, 6.07) is 5.35. The predicted octanol–water partition coefficient (Wildman–Crippen LogP) is 3.18. The lowest BCUT2D eigenvalue weighted by Gasteiger charge is -2.24. The van der Waals surface area contributed by atoms with E-state index in [1.54, 1.807) is 12.1 Å². The van der Waals surface area contributed by atoms with Crippen molar-refractivity contribution in [3.8, 4) is 0 Å². The van der Waals surface area contributed by atoms with Crippen LogP contribution in [0, 0.1) is 0 Å². The summed E-state index contributed by atoms with van der Waals surface area (Å²) >= 11 is 5.78. The molecule has 0 amide bonds. The van der Waals surface area contributed by atoms with Gasteiger partial charge in [-0.25, -0.2) is 0 Å². The number of nitrogens with one attached hydrogen (secondary N) is 1. The van der Waals surface area contributed by atoms with Crippen molar-refractivity contribution in [2.75, 3.05) is 6.54 Å². The Kier molecular flexibility index (Phi) is 2.94. The number of hydrogen-bond acceptors (Lipinski definition) is 1. The molecule has 1 N–H and O–H groups in total. The van der Waals surface area contributed by atoms with Gasteiger partial charge in [0.2, 0.25) is 0 Å². The highest BCUT2D eigenvalue weighted by atomic mass is 35.5. The number of alkyl halides is 2. The minimum absolute atomic E-state index is 0.0777. The monoisotopic (exact) mass is 231 g/mol. The topological polar surface area (TPSA) is 12.0 Å². The average molecular weight is 232 g/mol. The van der Waals surface area contributed by atoms with E-state index >= 15 is 0 Å². The fraction of sp³-hybridized carbons (Fsp3) is 0.455. The Morgan fingerprint density at radius 1 is 1.33 bits per heavy atom. The van der Waals surface area contributed by atoms with Gasteiger partial charge >= 0.3 is 0 Å². The largest absolute Gasteiger partial charge is 0.308 e. The van der Waals surface area contributed by atoms with E-state index in [0.29, 0.717) is 13.0 Å². The number of halogens is 3. The maximum absolute atomic E-state index is 14.0. The van der Waals surface area contributed by atoms with E-state index < -0.39 is 12.0 Å². The molecule has 2 rings (SSSR count). The smallest absolute Gasteiger partial charge is 0.289 e. The Bertz CT molecular complexity index is 348. The van der Waals surface area contributed by atoms with Gasteiger partial charge in [0.15, 0.2) is 0 Å². The third kappa shape index (κ3) is 1.99. The maximum atomic E-state index is 14.0. The first-order chi connectivity index (χ1) is 7.12. The molecule has 15 heavy (non-hydrogen) atoms. The predicted molar refractivity (Wildman–Crippen MR) is 56.4 cm³/mol. The van der Waals surface area contributed by atoms with Crippen molar-refractivity contribution in [1.29, 1.82) is 0 Å². The van der Waals surface area contributed by atoms with Crippen LogP contribution < -0.4 is 5.32 Å². The molecule has 0 saturated carbocycles. The lowest BCUT2D eigenvalue weighted by Crippen LogP contribution is -2.38. The summed E-state index contributed by atoms with van der Waals surface area (Å²) < 4.78 is 27.9. The first-order valence-electron chi connectivity index (χ1n) is 4.98. The molecule has 1 aromatic rings. The molecule has 82 valence electrons. The quantitative estimate of drug-likeness (QED) is 0.824. The van der Waals surface area contributed by atoms with Gasteiger partial charge in [-0.1, -0.05) is 29.8 Å². The zero-order chi connectivity index (χ0) is 10.9. The molecule has 1 saturated heterocycles. The summed E-state index contributed by atoms with van der Waals surface area (Å²) in [4.78, 5) is 0. The van der Waals surface area contributed by atoms with Crippen molar-refractivity contribution in [1.82, 2.24) is 5.32 Å². The summed E-state index contributed by atoms with van der Waals surface area (Å²) in [5.41, 5.74) is -0.0777. The van der Waals surface area contributed by atoms with Crippen LogP contribution in [0.1, 0.15) is 18.4 Å². The van der Waals surface area contributed by atoms with Gasteiger partial charge in [-0.05, 0) is 25.5 Å². The first kappa shape index (κ1) is 10.8. The average Bonchev–Trinajstić information content (AvgIpc) is 2.71. The van der Waals surface area contributed by atoms with Crippen molar-refractivity contribution >= 4 is 11.6 Å². The highest BCUT2D eigenvalue weighted by Crippen LogP contribution is 2.38. The van der Waals surface area contributed by atoms with E-state index in [1.165, 1.54) is 12.1 Å². The van der Waals surface area contributed by atoms with Gasteiger partial charge in [0.05, 0.1) is 6.04 Å². The summed E-state index contributed by atoms with van der Waals surface area (Å²) in [5.74, 6) is -2.88. The number of benzene rings is 1. The van der Waals surface area contributed by atoms with Crippen LogP contribution in [0.25, 0.3) is 0 Å². The second-order valence-corrected chi connectivity index (χ2v) is 4.16. The zero-order valence-electron chi connectivity index (χ0n) is 8.14. The standard InChI is InChI=1S/C11H12ClF2N/c12-9-5-2-1-4-8(9)11(13,14)10-6-3-7-15-10/h1-2,4-5,10,15H,3,6-7H2. The van der Waals surface area contributed by atoms with E-state index in [1.807, 2.05) is 0 Å². The zero-order valence-corrected chi connectivity index (χ0v) is 8.90. The van der Waals surface area contributed by atoms with Crippen LogP contribution in [-0.2, 0) is 5.92 Å². The van der Waals surface area contributed by atoms with Crippen molar-refractivity contribution in [3.05, 3.63) is 34.9 Å². The van der Waals surface area contributed by atoms with Crippen molar-refractivity contribution < 1.29 is 8.78 Å². The van der Waals surface area contributed by atoms with E-state index in [2.05, 4.69) is 5.32 Å². The fourth-order valence-electron chi connectivity index (χ4n) is 1.91. The lowest BCUT2D eigenvalue weighted by molar-refractivity contribution is -0.0375. The Labute approximate surface area is 92.4 Å². The van der Waals surface area contributed by atoms with Crippen molar-refractivity contribution in [2.45, 2.75) is 24.8 Å². The molecule has 0 radical (unpaired) electrons. The first-order valence-corrected chi connectivity index (χ1v) is 5.36. The Morgan fingerprint density at radius 3 is 2.67 bits per heavy atom. The third-order valence-corrected chi connectivity index (χ3v) is 3.06. The van der Waals surface area contributed by atoms with E-state index in [0.717, 1.165) is 6.42 Å². The van der Waals surface area contributed by atoms with E-state index in [4.69, 9.17) is 11.6 Å². The molecular weight excluding hydrogens is 220 g/mol. The molecule has 1 nitrogen and oxygen atoms in total. The number of rotatable bonds is 2. The summed E-state index contributed by atoms with van der Waals surface area (Å²) in [5, 5.41) is 2.95. The Hall–Kier alpha value is -0.670. The molecule has 1 unspecified atom stereocenters. The van der Waals surface area contributed by atoms with Gasteiger partial charge in [-0.2, -0.15) is 8.78 Å². The maximum Gasteiger partial charge on any atom is 0.289 e. The van der Waals surface area contributed by atoms with Gasteiger partial charge in [0, 0.05) is 10.6 Å². The van der Waals surface area contributed by atoms with Crippen LogP contribution >= 0.6 is 11.6 Å². The SMILES string of the molecule is FC(F)(c1ccccc1Cl)C1CCCN1. The number of hydrogen-bond donors (Lipinski definition) is 1. The van der Waals surface area contributed by atoms with E-state index in [-0.39, 0.29) is 10.6 Å². The summed E-state index contributed by atoms with van der Waals surface area (Å²) in [7, 11) is 0. The molecule has 1 atom stereocenters. The minimum atomic E-state index is -2.88. The highest BCUT2D eigenvalue weighted by molar-refractivity contribution is 6.31. The van der Waals surface area contributed by atoms with E-state index in [9.17, 15) is 8.78 Å². The van der Waals surface area contributed by atoms with Gasteiger partial charge in [0.1, 0.15) is 0 Å². The molecule has 1 aliphatic rings. The third-order valence-electron chi connectivity index (χ3n) is 2.73. The van der Waals surface area contributed by atoms with Crippen molar-refractivity contribution in [3.63, 3.8) is 0 Å². The highest BCUT2D eigenvalue weighted by Gasteiger charge is 2.43. The van der Waals surface area contributed by atoms with Crippen LogP contribution in [-0.4, -0.2) is 12.6 Å². The molecular formula is C11H12ClF2N.